The van der Waals surface area contributed by atoms with Crippen molar-refractivity contribution in [3.05, 3.63) is 21.1 Å². The SMILES string of the molecule is Clc1cc(NCC[C@H]2CCCO2)c2ncc(I)n2n1. The van der Waals surface area contributed by atoms with Crippen LogP contribution in [-0.4, -0.2) is 33.9 Å². The molecule has 102 valence electrons. The Balaban J connectivity index is 1.72. The summed E-state index contributed by atoms with van der Waals surface area (Å²) in [7, 11) is 0. The van der Waals surface area contributed by atoms with Gasteiger partial charge in [0.25, 0.3) is 0 Å². The van der Waals surface area contributed by atoms with Gasteiger partial charge in [0, 0.05) is 19.2 Å². The smallest absolute Gasteiger partial charge is 0.178 e. The number of halogens is 2. The predicted molar refractivity (Wildman–Crippen MR) is 82.8 cm³/mol. The summed E-state index contributed by atoms with van der Waals surface area (Å²) < 4.78 is 8.30. The highest BCUT2D eigenvalue weighted by Gasteiger charge is 2.15. The molecule has 0 amide bonds. The first kappa shape index (κ1) is 13.4. The standard InChI is InChI=1S/C12H14ClIN4O/c13-10-6-9(12-16-7-11(14)18(12)17-10)15-4-3-8-2-1-5-19-8/h6-8,15H,1-5H2/t8-/m1/s1. The summed E-state index contributed by atoms with van der Waals surface area (Å²) >= 11 is 8.22. The van der Waals surface area contributed by atoms with Gasteiger partial charge in [0.05, 0.1) is 18.0 Å². The van der Waals surface area contributed by atoms with Crippen LogP contribution in [-0.2, 0) is 4.74 Å². The first-order valence-corrected chi connectivity index (χ1v) is 7.75. The molecule has 0 spiro atoms. The zero-order valence-corrected chi connectivity index (χ0v) is 13.2. The normalized spacial score (nSPS) is 19.2. The summed E-state index contributed by atoms with van der Waals surface area (Å²) in [5.41, 5.74) is 1.72. The summed E-state index contributed by atoms with van der Waals surface area (Å²) in [5.74, 6) is 0. The summed E-state index contributed by atoms with van der Waals surface area (Å²) in [6.07, 6.45) is 5.51. The lowest BCUT2D eigenvalue weighted by Gasteiger charge is -2.11. The Morgan fingerprint density at radius 2 is 2.47 bits per heavy atom. The number of aromatic nitrogens is 3. The predicted octanol–water partition coefficient (Wildman–Crippen LogP) is 2.97. The van der Waals surface area contributed by atoms with Crippen molar-refractivity contribution in [1.29, 1.82) is 0 Å². The molecule has 2 aromatic heterocycles. The molecule has 1 aliphatic rings. The fourth-order valence-electron chi connectivity index (χ4n) is 2.28. The molecule has 19 heavy (non-hydrogen) atoms. The quantitative estimate of drug-likeness (QED) is 0.813. The van der Waals surface area contributed by atoms with E-state index in [1.165, 1.54) is 6.42 Å². The maximum absolute atomic E-state index is 6.03. The van der Waals surface area contributed by atoms with E-state index < -0.39 is 0 Å². The average Bonchev–Trinajstić information content (AvgIpc) is 3.00. The number of hydrogen-bond acceptors (Lipinski definition) is 4. The monoisotopic (exact) mass is 392 g/mol. The fourth-order valence-corrected chi connectivity index (χ4v) is 2.94. The van der Waals surface area contributed by atoms with Crippen molar-refractivity contribution in [1.82, 2.24) is 14.6 Å². The second kappa shape index (κ2) is 5.80. The number of imidazole rings is 1. The van der Waals surface area contributed by atoms with Crippen LogP contribution >= 0.6 is 34.2 Å². The van der Waals surface area contributed by atoms with Gasteiger partial charge >= 0.3 is 0 Å². The molecule has 1 N–H and O–H groups in total. The first-order chi connectivity index (χ1) is 9.24. The van der Waals surface area contributed by atoms with Crippen LogP contribution in [0.5, 0.6) is 0 Å². The number of ether oxygens (including phenoxy) is 1. The molecular weight excluding hydrogens is 379 g/mol. The molecule has 1 saturated heterocycles. The Bertz CT molecular complexity index is 582. The lowest BCUT2D eigenvalue weighted by atomic mass is 10.2. The van der Waals surface area contributed by atoms with Crippen LogP contribution in [0.4, 0.5) is 5.69 Å². The van der Waals surface area contributed by atoms with E-state index in [2.05, 4.69) is 38.0 Å². The van der Waals surface area contributed by atoms with E-state index >= 15 is 0 Å². The number of anilines is 1. The topological polar surface area (TPSA) is 51.5 Å². The van der Waals surface area contributed by atoms with E-state index in [4.69, 9.17) is 16.3 Å². The van der Waals surface area contributed by atoms with Gasteiger partial charge in [-0.1, -0.05) is 11.6 Å². The molecular formula is C12H14ClIN4O. The molecule has 0 radical (unpaired) electrons. The summed E-state index contributed by atoms with van der Waals surface area (Å²) in [4.78, 5) is 4.35. The van der Waals surface area contributed by atoms with Gasteiger partial charge in [0.15, 0.2) is 10.8 Å². The maximum Gasteiger partial charge on any atom is 0.178 e. The van der Waals surface area contributed by atoms with Gasteiger partial charge in [0.2, 0.25) is 0 Å². The summed E-state index contributed by atoms with van der Waals surface area (Å²) in [5, 5.41) is 8.07. The molecule has 2 aromatic rings. The minimum absolute atomic E-state index is 0.390. The lowest BCUT2D eigenvalue weighted by Crippen LogP contribution is -2.13. The summed E-state index contributed by atoms with van der Waals surface area (Å²) in [6, 6.07) is 1.81. The Labute approximate surface area is 129 Å². The Morgan fingerprint density at radius 3 is 3.26 bits per heavy atom. The van der Waals surface area contributed by atoms with Gasteiger partial charge in [-0.3, -0.25) is 0 Å². The minimum atomic E-state index is 0.390. The second-order valence-electron chi connectivity index (χ2n) is 4.55. The number of rotatable bonds is 4. The van der Waals surface area contributed by atoms with Crippen LogP contribution in [0.1, 0.15) is 19.3 Å². The van der Waals surface area contributed by atoms with Gasteiger partial charge in [-0.2, -0.15) is 5.10 Å². The molecule has 7 heteroatoms. The first-order valence-electron chi connectivity index (χ1n) is 6.29. The van der Waals surface area contributed by atoms with Crippen LogP contribution < -0.4 is 5.32 Å². The molecule has 0 aliphatic carbocycles. The largest absolute Gasteiger partial charge is 0.382 e. The van der Waals surface area contributed by atoms with Crippen molar-refractivity contribution in [2.24, 2.45) is 0 Å². The molecule has 1 fully saturated rings. The molecule has 5 nitrogen and oxygen atoms in total. The average molecular weight is 393 g/mol. The van der Waals surface area contributed by atoms with Gasteiger partial charge < -0.3 is 10.1 Å². The van der Waals surface area contributed by atoms with Gasteiger partial charge in [-0.25, -0.2) is 9.50 Å². The Morgan fingerprint density at radius 1 is 1.58 bits per heavy atom. The van der Waals surface area contributed by atoms with E-state index in [9.17, 15) is 0 Å². The zero-order chi connectivity index (χ0) is 13.2. The molecule has 1 aliphatic heterocycles. The van der Waals surface area contributed by atoms with E-state index in [1.54, 1.807) is 10.7 Å². The molecule has 0 aromatic carbocycles. The highest BCUT2D eigenvalue weighted by atomic mass is 127. The van der Waals surface area contributed by atoms with Crippen molar-refractivity contribution in [3.63, 3.8) is 0 Å². The van der Waals surface area contributed by atoms with E-state index in [-0.39, 0.29) is 0 Å². The molecule has 3 heterocycles. The van der Waals surface area contributed by atoms with Crippen molar-refractivity contribution < 1.29 is 4.74 Å². The van der Waals surface area contributed by atoms with Crippen molar-refractivity contribution in [3.8, 4) is 0 Å². The lowest BCUT2D eigenvalue weighted by molar-refractivity contribution is 0.107. The summed E-state index contributed by atoms with van der Waals surface area (Å²) in [6.45, 7) is 1.75. The van der Waals surface area contributed by atoms with Gasteiger partial charge in [-0.05, 0) is 41.9 Å². The molecule has 0 bridgehead atoms. The van der Waals surface area contributed by atoms with Crippen LogP contribution in [0, 0.1) is 3.70 Å². The third-order valence-corrected chi connectivity index (χ3v) is 4.12. The van der Waals surface area contributed by atoms with Gasteiger partial charge in [-0.15, -0.1) is 0 Å². The number of fused-ring (bicyclic) bond motifs is 1. The Kier molecular flexibility index (Phi) is 4.09. The minimum Gasteiger partial charge on any atom is -0.382 e. The second-order valence-corrected chi connectivity index (χ2v) is 6.04. The van der Waals surface area contributed by atoms with Crippen molar-refractivity contribution >= 4 is 45.5 Å². The van der Waals surface area contributed by atoms with E-state index in [0.29, 0.717) is 11.3 Å². The van der Waals surface area contributed by atoms with Crippen molar-refractivity contribution in [2.45, 2.75) is 25.4 Å². The van der Waals surface area contributed by atoms with Crippen LogP contribution in [0.25, 0.3) is 5.65 Å². The third-order valence-electron chi connectivity index (χ3n) is 3.20. The fraction of sp³-hybridized carbons (Fsp3) is 0.500. The van der Waals surface area contributed by atoms with E-state index in [0.717, 1.165) is 41.0 Å². The molecule has 0 saturated carbocycles. The highest BCUT2D eigenvalue weighted by molar-refractivity contribution is 14.1. The van der Waals surface area contributed by atoms with E-state index in [1.807, 2.05) is 6.07 Å². The molecule has 1 atom stereocenters. The molecule has 0 unspecified atom stereocenters. The third kappa shape index (κ3) is 2.95. The molecule has 3 rings (SSSR count). The van der Waals surface area contributed by atoms with Crippen molar-refractivity contribution in [2.75, 3.05) is 18.5 Å². The number of hydrogen-bond donors (Lipinski definition) is 1. The van der Waals surface area contributed by atoms with Crippen LogP contribution in [0.2, 0.25) is 5.15 Å². The Hall–Kier alpha value is -0.600. The zero-order valence-electron chi connectivity index (χ0n) is 10.3. The number of nitrogens with zero attached hydrogens (tertiary/aromatic N) is 3. The van der Waals surface area contributed by atoms with Crippen LogP contribution in [0.3, 0.4) is 0 Å². The number of nitrogens with one attached hydrogen (secondary N) is 1. The maximum atomic E-state index is 6.03. The van der Waals surface area contributed by atoms with Crippen LogP contribution in [0.15, 0.2) is 12.3 Å². The van der Waals surface area contributed by atoms with Gasteiger partial charge in [0.1, 0.15) is 3.70 Å². The highest BCUT2D eigenvalue weighted by Crippen LogP contribution is 2.22.